The Bertz CT molecular complexity index is 534. The van der Waals surface area contributed by atoms with Gasteiger partial charge in [0.15, 0.2) is 0 Å². The smallest absolute Gasteiger partial charge is 0.238 e. The van der Waals surface area contributed by atoms with E-state index in [1.54, 1.807) is 0 Å². The van der Waals surface area contributed by atoms with Gasteiger partial charge >= 0.3 is 0 Å². The summed E-state index contributed by atoms with van der Waals surface area (Å²) in [7, 11) is 0. The molecule has 20 heavy (non-hydrogen) atoms. The molecule has 0 spiro atoms. The highest BCUT2D eigenvalue weighted by Gasteiger charge is 2.07. The summed E-state index contributed by atoms with van der Waals surface area (Å²) in [5, 5.41) is 0. The van der Waals surface area contributed by atoms with Crippen LogP contribution in [-0.2, 0) is 0 Å². The standard InChI is InChI=1S/C17H20O3/c1-4-18-15-9-11-16(12-10-15)19-14(3)20-17-8-6-5-7-13(17)2/h5-12,14H,4H2,1-3H3. The molecule has 0 heterocycles. The summed E-state index contributed by atoms with van der Waals surface area (Å²) in [6.45, 7) is 6.51. The third-order valence-corrected chi connectivity index (χ3v) is 2.82. The first kappa shape index (κ1) is 14.3. The fourth-order valence-electron chi connectivity index (χ4n) is 1.86. The van der Waals surface area contributed by atoms with Crippen molar-refractivity contribution in [1.29, 1.82) is 0 Å². The van der Waals surface area contributed by atoms with Gasteiger partial charge in [-0.1, -0.05) is 18.2 Å². The van der Waals surface area contributed by atoms with Crippen LogP contribution < -0.4 is 14.2 Å². The molecule has 0 N–H and O–H groups in total. The zero-order valence-corrected chi connectivity index (χ0v) is 12.1. The first-order valence-corrected chi connectivity index (χ1v) is 6.81. The van der Waals surface area contributed by atoms with Crippen LogP contribution >= 0.6 is 0 Å². The summed E-state index contributed by atoms with van der Waals surface area (Å²) in [5.41, 5.74) is 1.09. The van der Waals surface area contributed by atoms with Crippen molar-refractivity contribution in [2.24, 2.45) is 0 Å². The van der Waals surface area contributed by atoms with Gasteiger partial charge in [0.05, 0.1) is 6.61 Å². The summed E-state index contributed by atoms with van der Waals surface area (Å²) in [6.07, 6.45) is -0.353. The minimum absolute atomic E-state index is 0.353. The molecule has 3 nitrogen and oxygen atoms in total. The number of hydrogen-bond acceptors (Lipinski definition) is 3. The quantitative estimate of drug-likeness (QED) is 0.738. The lowest BCUT2D eigenvalue weighted by Gasteiger charge is -2.18. The second-order valence-electron chi connectivity index (χ2n) is 4.47. The fourth-order valence-corrected chi connectivity index (χ4v) is 1.86. The second kappa shape index (κ2) is 6.85. The van der Waals surface area contributed by atoms with Crippen LogP contribution in [0.1, 0.15) is 19.4 Å². The predicted molar refractivity (Wildman–Crippen MR) is 79.5 cm³/mol. The Balaban J connectivity index is 1.94. The minimum Gasteiger partial charge on any atom is -0.494 e. The van der Waals surface area contributed by atoms with Crippen molar-refractivity contribution < 1.29 is 14.2 Å². The number of hydrogen-bond donors (Lipinski definition) is 0. The average molecular weight is 272 g/mol. The van der Waals surface area contributed by atoms with Crippen LogP contribution in [0.5, 0.6) is 17.2 Å². The molecule has 0 aliphatic carbocycles. The van der Waals surface area contributed by atoms with Crippen molar-refractivity contribution in [2.75, 3.05) is 6.61 Å². The normalized spacial score (nSPS) is 11.8. The Hall–Kier alpha value is -2.16. The number of benzene rings is 2. The maximum atomic E-state index is 5.77. The first-order valence-electron chi connectivity index (χ1n) is 6.81. The van der Waals surface area contributed by atoms with Crippen molar-refractivity contribution in [3.63, 3.8) is 0 Å². The fraction of sp³-hybridized carbons (Fsp3) is 0.294. The topological polar surface area (TPSA) is 27.7 Å². The zero-order valence-electron chi connectivity index (χ0n) is 12.1. The van der Waals surface area contributed by atoms with Crippen LogP contribution in [0.3, 0.4) is 0 Å². The summed E-state index contributed by atoms with van der Waals surface area (Å²) >= 11 is 0. The highest BCUT2D eigenvalue weighted by molar-refractivity contribution is 5.33. The molecule has 0 bridgehead atoms. The van der Waals surface area contributed by atoms with E-state index in [-0.39, 0.29) is 6.29 Å². The molecule has 1 atom stereocenters. The number of aryl methyl sites for hydroxylation is 1. The average Bonchev–Trinajstić information content (AvgIpc) is 2.44. The Kier molecular flexibility index (Phi) is 4.88. The molecule has 0 amide bonds. The Morgan fingerprint density at radius 3 is 2.20 bits per heavy atom. The van der Waals surface area contributed by atoms with Gasteiger partial charge in [-0.3, -0.25) is 0 Å². The van der Waals surface area contributed by atoms with E-state index in [9.17, 15) is 0 Å². The van der Waals surface area contributed by atoms with Crippen molar-refractivity contribution in [1.82, 2.24) is 0 Å². The molecule has 0 fully saturated rings. The van der Waals surface area contributed by atoms with Crippen LogP contribution in [0.2, 0.25) is 0 Å². The van der Waals surface area contributed by atoms with E-state index < -0.39 is 0 Å². The van der Waals surface area contributed by atoms with E-state index in [2.05, 4.69) is 0 Å². The number of rotatable bonds is 6. The second-order valence-corrected chi connectivity index (χ2v) is 4.47. The van der Waals surface area contributed by atoms with Gasteiger partial charge in [0.25, 0.3) is 0 Å². The molecule has 2 aromatic rings. The van der Waals surface area contributed by atoms with E-state index in [1.165, 1.54) is 0 Å². The maximum absolute atomic E-state index is 5.77. The summed E-state index contributed by atoms with van der Waals surface area (Å²) in [5.74, 6) is 2.44. The molecule has 0 aliphatic heterocycles. The van der Waals surface area contributed by atoms with E-state index in [4.69, 9.17) is 14.2 Å². The summed E-state index contributed by atoms with van der Waals surface area (Å²) < 4.78 is 16.9. The molecule has 0 aromatic heterocycles. The number of para-hydroxylation sites is 1. The molecule has 0 aliphatic rings. The molecule has 0 saturated heterocycles. The van der Waals surface area contributed by atoms with Gasteiger partial charge < -0.3 is 14.2 Å². The van der Waals surface area contributed by atoms with Crippen molar-refractivity contribution >= 4 is 0 Å². The molecule has 0 radical (unpaired) electrons. The van der Waals surface area contributed by atoms with Crippen LogP contribution in [-0.4, -0.2) is 12.9 Å². The van der Waals surface area contributed by atoms with Crippen molar-refractivity contribution in [3.8, 4) is 17.2 Å². The lowest BCUT2D eigenvalue weighted by molar-refractivity contribution is 0.0217. The largest absolute Gasteiger partial charge is 0.494 e. The Morgan fingerprint density at radius 2 is 1.55 bits per heavy atom. The monoisotopic (exact) mass is 272 g/mol. The minimum atomic E-state index is -0.353. The van der Waals surface area contributed by atoms with Gasteiger partial charge in [0.2, 0.25) is 6.29 Å². The van der Waals surface area contributed by atoms with Gasteiger partial charge in [-0.2, -0.15) is 0 Å². The molecular weight excluding hydrogens is 252 g/mol. The van der Waals surface area contributed by atoms with E-state index >= 15 is 0 Å². The molecule has 106 valence electrons. The predicted octanol–water partition coefficient (Wildman–Crippen LogP) is 4.20. The summed E-state index contributed by atoms with van der Waals surface area (Å²) in [6, 6.07) is 15.4. The van der Waals surface area contributed by atoms with E-state index in [0.29, 0.717) is 6.61 Å². The third kappa shape index (κ3) is 3.92. The summed E-state index contributed by atoms with van der Waals surface area (Å²) in [4.78, 5) is 0. The van der Waals surface area contributed by atoms with Gasteiger partial charge in [-0.15, -0.1) is 0 Å². The van der Waals surface area contributed by atoms with E-state index in [1.807, 2.05) is 69.3 Å². The highest BCUT2D eigenvalue weighted by Crippen LogP contribution is 2.21. The molecule has 0 saturated carbocycles. The van der Waals surface area contributed by atoms with Crippen molar-refractivity contribution in [3.05, 3.63) is 54.1 Å². The zero-order chi connectivity index (χ0) is 14.4. The van der Waals surface area contributed by atoms with Crippen LogP contribution in [0.4, 0.5) is 0 Å². The lowest BCUT2D eigenvalue weighted by atomic mass is 10.2. The van der Waals surface area contributed by atoms with E-state index in [0.717, 1.165) is 22.8 Å². The van der Waals surface area contributed by atoms with Gasteiger partial charge in [-0.05, 0) is 49.7 Å². The molecule has 2 aromatic carbocycles. The van der Waals surface area contributed by atoms with Crippen molar-refractivity contribution in [2.45, 2.75) is 27.1 Å². The van der Waals surface area contributed by atoms with Crippen LogP contribution in [0.15, 0.2) is 48.5 Å². The maximum Gasteiger partial charge on any atom is 0.238 e. The Labute approximate surface area is 120 Å². The van der Waals surface area contributed by atoms with Crippen LogP contribution in [0, 0.1) is 6.92 Å². The van der Waals surface area contributed by atoms with Gasteiger partial charge in [0.1, 0.15) is 17.2 Å². The highest BCUT2D eigenvalue weighted by atomic mass is 16.7. The lowest BCUT2D eigenvalue weighted by Crippen LogP contribution is -2.20. The first-order chi connectivity index (χ1) is 9.69. The molecule has 3 heteroatoms. The molecule has 1 unspecified atom stereocenters. The number of ether oxygens (including phenoxy) is 3. The molecule has 2 rings (SSSR count). The van der Waals surface area contributed by atoms with Gasteiger partial charge in [0, 0.05) is 6.92 Å². The molecular formula is C17H20O3. The van der Waals surface area contributed by atoms with Crippen LogP contribution in [0.25, 0.3) is 0 Å². The third-order valence-electron chi connectivity index (χ3n) is 2.82. The van der Waals surface area contributed by atoms with Gasteiger partial charge in [-0.25, -0.2) is 0 Å². The Morgan fingerprint density at radius 1 is 0.900 bits per heavy atom. The SMILES string of the molecule is CCOc1ccc(OC(C)Oc2ccccc2C)cc1.